The topological polar surface area (TPSA) is 49.4 Å². The summed E-state index contributed by atoms with van der Waals surface area (Å²) in [6.45, 7) is 7.44. The van der Waals surface area contributed by atoms with Gasteiger partial charge in [-0.1, -0.05) is 49.7 Å². The van der Waals surface area contributed by atoms with Gasteiger partial charge in [-0.15, -0.1) is 0 Å². The molecule has 138 valence electrons. The van der Waals surface area contributed by atoms with Crippen molar-refractivity contribution < 1.29 is 9.59 Å². The lowest BCUT2D eigenvalue weighted by molar-refractivity contribution is -0.132. The first-order valence-corrected chi connectivity index (χ1v) is 9.36. The first-order valence-electron chi connectivity index (χ1n) is 9.36. The second kappa shape index (κ2) is 9.76. The van der Waals surface area contributed by atoms with Gasteiger partial charge in [-0.25, -0.2) is 0 Å². The summed E-state index contributed by atoms with van der Waals surface area (Å²) >= 11 is 0. The van der Waals surface area contributed by atoms with Gasteiger partial charge in [-0.3, -0.25) is 9.59 Å². The van der Waals surface area contributed by atoms with Crippen molar-refractivity contribution in [1.82, 2.24) is 4.90 Å². The van der Waals surface area contributed by atoms with Gasteiger partial charge >= 0.3 is 0 Å². The number of hydrogen-bond donors (Lipinski definition) is 1. The average molecular weight is 352 g/mol. The number of rotatable bonds is 8. The predicted octanol–water partition coefficient (Wildman–Crippen LogP) is 4.69. The molecule has 1 N–H and O–H groups in total. The smallest absolute Gasteiger partial charge is 0.255 e. The van der Waals surface area contributed by atoms with Crippen LogP contribution in [0.2, 0.25) is 0 Å². The zero-order chi connectivity index (χ0) is 18.9. The number of nitrogens with zero attached hydrogens (tertiary/aromatic N) is 1. The first kappa shape index (κ1) is 19.7. The number of para-hydroxylation sites is 1. The second-order valence-corrected chi connectivity index (χ2v) is 6.26. The van der Waals surface area contributed by atoms with Crippen molar-refractivity contribution >= 4 is 17.5 Å². The zero-order valence-corrected chi connectivity index (χ0v) is 15.9. The molecule has 0 bridgehead atoms. The van der Waals surface area contributed by atoms with E-state index in [0.717, 1.165) is 18.4 Å². The van der Waals surface area contributed by atoms with Crippen molar-refractivity contribution in [3.05, 3.63) is 65.7 Å². The minimum absolute atomic E-state index is 0.123. The molecule has 1 atom stereocenters. The lowest BCUT2D eigenvalue weighted by atomic mass is 9.91. The lowest BCUT2D eigenvalue weighted by Crippen LogP contribution is -2.35. The number of hydrogen-bond acceptors (Lipinski definition) is 2. The molecule has 4 heteroatoms. The highest BCUT2D eigenvalue weighted by atomic mass is 16.2. The highest BCUT2D eigenvalue weighted by Gasteiger charge is 2.26. The fourth-order valence-electron chi connectivity index (χ4n) is 3.16. The number of likely N-dealkylation sites (N-methyl/N-ethyl adjacent to an activating group) is 1. The number of anilines is 1. The van der Waals surface area contributed by atoms with Crippen LogP contribution in [0.15, 0.2) is 54.6 Å². The van der Waals surface area contributed by atoms with Gasteiger partial charge in [0.25, 0.3) is 5.91 Å². The molecule has 0 saturated heterocycles. The van der Waals surface area contributed by atoms with Crippen molar-refractivity contribution in [2.75, 3.05) is 18.4 Å². The Morgan fingerprint density at radius 1 is 0.923 bits per heavy atom. The lowest BCUT2D eigenvalue weighted by Gasteiger charge is -2.26. The Kier molecular flexibility index (Phi) is 7.39. The Balaban J connectivity index is 2.32. The summed E-state index contributed by atoms with van der Waals surface area (Å²) < 4.78 is 0. The van der Waals surface area contributed by atoms with E-state index in [9.17, 15) is 9.59 Å². The quantitative estimate of drug-likeness (QED) is 0.749. The molecule has 2 amide bonds. The van der Waals surface area contributed by atoms with E-state index in [0.29, 0.717) is 24.3 Å². The number of nitrogens with one attached hydrogen (secondary N) is 1. The summed E-state index contributed by atoms with van der Waals surface area (Å²) in [6, 6.07) is 16.7. The van der Waals surface area contributed by atoms with Gasteiger partial charge in [-0.2, -0.15) is 0 Å². The number of carbonyl (C=O) groups is 2. The van der Waals surface area contributed by atoms with Crippen LogP contribution >= 0.6 is 0 Å². The van der Waals surface area contributed by atoms with Crippen LogP contribution in [0.1, 0.15) is 55.5 Å². The van der Waals surface area contributed by atoms with Crippen LogP contribution in [0.3, 0.4) is 0 Å². The third-order valence-corrected chi connectivity index (χ3v) is 4.57. The molecule has 2 aromatic rings. The summed E-state index contributed by atoms with van der Waals surface area (Å²) in [5.41, 5.74) is 2.19. The summed E-state index contributed by atoms with van der Waals surface area (Å²) in [6.07, 6.45) is 1.66. The third kappa shape index (κ3) is 4.72. The first-order chi connectivity index (χ1) is 12.6. The van der Waals surface area contributed by atoms with Crippen LogP contribution in [-0.2, 0) is 4.79 Å². The molecular formula is C22H28N2O2. The van der Waals surface area contributed by atoms with Crippen molar-refractivity contribution in [1.29, 1.82) is 0 Å². The molecule has 4 nitrogen and oxygen atoms in total. The maximum Gasteiger partial charge on any atom is 0.255 e. The molecule has 0 fully saturated rings. The van der Waals surface area contributed by atoms with Crippen LogP contribution in [-0.4, -0.2) is 29.8 Å². The van der Waals surface area contributed by atoms with Gasteiger partial charge < -0.3 is 10.2 Å². The minimum Gasteiger partial charge on any atom is -0.343 e. The molecule has 0 aromatic heterocycles. The van der Waals surface area contributed by atoms with Gasteiger partial charge in [0.15, 0.2) is 0 Å². The Hall–Kier alpha value is -2.62. The summed E-state index contributed by atoms with van der Waals surface area (Å²) in [4.78, 5) is 27.4. The SMILES string of the molecule is CCCC(C(=O)N(CC)CC)c1ccccc1NC(=O)c1ccccc1. The minimum atomic E-state index is -0.243. The highest BCUT2D eigenvalue weighted by molar-refractivity contribution is 6.05. The fraction of sp³-hybridized carbons (Fsp3) is 0.364. The normalized spacial score (nSPS) is 11.7. The van der Waals surface area contributed by atoms with Crippen LogP contribution in [0.4, 0.5) is 5.69 Å². The van der Waals surface area contributed by atoms with Gasteiger partial charge in [0.05, 0.1) is 5.92 Å². The highest BCUT2D eigenvalue weighted by Crippen LogP contribution is 2.30. The average Bonchev–Trinajstić information content (AvgIpc) is 2.68. The molecular weight excluding hydrogens is 324 g/mol. The van der Waals surface area contributed by atoms with Crippen molar-refractivity contribution in [2.24, 2.45) is 0 Å². The molecule has 0 spiro atoms. The zero-order valence-electron chi connectivity index (χ0n) is 15.9. The van der Waals surface area contributed by atoms with Crippen molar-refractivity contribution in [3.63, 3.8) is 0 Å². The number of benzene rings is 2. The Morgan fingerprint density at radius 2 is 1.54 bits per heavy atom. The maximum atomic E-state index is 13.0. The Labute approximate surface area is 156 Å². The predicted molar refractivity (Wildman–Crippen MR) is 106 cm³/mol. The molecule has 0 saturated carbocycles. The van der Waals surface area contributed by atoms with E-state index in [4.69, 9.17) is 0 Å². The van der Waals surface area contributed by atoms with E-state index >= 15 is 0 Å². The summed E-state index contributed by atoms with van der Waals surface area (Å²) in [5.74, 6) is -0.283. The Morgan fingerprint density at radius 3 is 2.15 bits per heavy atom. The molecule has 2 rings (SSSR count). The van der Waals surface area contributed by atoms with E-state index in [2.05, 4.69) is 12.2 Å². The maximum absolute atomic E-state index is 13.0. The van der Waals surface area contributed by atoms with Gasteiger partial charge in [0.2, 0.25) is 5.91 Å². The second-order valence-electron chi connectivity index (χ2n) is 6.26. The van der Waals surface area contributed by atoms with Crippen molar-refractivity contribution in [3.8, 4) is 0 Å². The summed E-state index contributed by atoms with van der Waals surface area (Å²) in [7, 11) is 0. The Bertz CT molecular complexity index is 724. The van der Waals surface area contributed by atoms with E-state index in [1.165, 1.54) is 0 Å². The monoisotopic (exact) mass is 352 g/mol. The van der Waals surface area contributed by atoms with E-state index in [1.54, 1.807) is 12.1 Å². The van der Waals surface area contributed by atoms with Gasteiger partial charge in [0.1, 0.15) is 0 Å². The molecule has 0 aliphatic heterocycles. The molecule has 1 unspecified atom stereocenters. The van der Waals surface area contributed by atoms with Crippen molar-refractivity contribution in [2.45, 2.75) is 39.5 Å². The standard InChI is InChI=1S/C22H28N2O2/c1-4-12-19(22(26)24(5-2)6-3)18-15-10-11-16-20(18)23-21(25)17-13-8-7-9-14-17/h7-11,13-16,19H,4-6,12H2,1-3H3,(H,23,25). The largest absolute Gasteiger partial charge is 0.343 e. The van der Waals surface area contributed by atoms with Crippen LogP contribution in [0, 0.1) is 0 Å². The van der Waals surface area contributed by atoms with Gasteiger partial charge in [-0.05, 0) is 44.0 Å². The molecule has 0 radical (unpaired) electrons. The number of amides is 2. The third-order valence-electron chi connectivity index (χ3n) is 4.57. The number of carbonyl (C=O) groups excluding carboxylic acids is 2. The molecule has 0 aliphatic carbocycles. The molecule has 0 aliphatic rings. The van der Waals surface area contributed by atoms with Crippen LogP contribution < -0.4 is 5.32 Å². The molecule has 0 heterocycles. The van der Waals surface area contributed by atoms with E-state index in [-0.39, 0.29) is 17.7 Å². The fourth-order valence-corrected chi connectivity index (χ4v) is 3.16. The summed E-state index contributed by atoms with van der Waals surface area (Å²) in [5, 5.41) is 2.99. The molecule has 2 aromatic carbocycles. The van der Waals surface area contributed by atoms with Gasteiger partial charge in [0, 0.05) is 24.3 Å². The molecule has 26 heavy (non-hydrogen) atoms. The van der Waals surface area contributed by atoms with Crippen LogP contribution in [0.5, 0.6) is 0 Å². The van der Waals surface area contributed by atoms with E-state index < -0.39 is 0 Å². The van der Waals surface area contributed by atoms with Crippen LogP contribution in [0.25, 0.3) is 0 Å². The van der Waals surface area contributed by atoms with E-state index in [1.807, 2.05) is 61.2 Å².